The Kier molecular flexibility index (Phi) is 15.8. The lowest BCUT2D eigenvalue weighted by atomic mass is 9.88. The predicted octanol–water partition coefficient (Wildman–Crippen LogP) is 6.12. The van der Waals surface area contributed by atoms with Crippen LogP contribution in [0.15, 0.2) is 36.0 Å². The van der Waals surface area contributed by atoms with Crippen molar-refractivity contribution in [3.63, 3.8) is 0 Å². The number of hydrogen-bond acceptors (Lipinski definition) is 10. The summed E-state index contributed by atoms with van der Waals surface area (Å²) in [6.07, 6.45) is 13.7. The number of aliphatic hydroxyl groups is 2. The van der Waals surface area contributed by atoms with Crippen molar-refractivity contribution in [2.24, 2.45) is 17.8 Å². The van der Waals surface area contributed by atoms with E-state index < -0.39 is 41.9 Å². The van der Waals surface area contributed by atoms with Crippen LogP contribution in [0, 0.1) is 17.8 Å². The van der Waals surface area contributed by atoms with E-state index in [1.165, 1.54) is 26.2 Å². The third kappa shape index (κ3) is 12.4. The molecule has 4 aliphatic rings. The average Bonchev–Trinajstić information content (AvgIpc) is 3.88. The van der Waals surface area contributed by atoms with Crippen LogP contribution in [0.25, 0.3) is 0 Å². The van der Waals surface area contributed by atoms with Gasteiger partial charge in [-0.05, 0) is 95.9 Å². The van der Waals surface area contributed by atoms with Crippen molar-refractivity contribution >= 4 is 18.0 Å². The molecule has 4 aliphatic heterocycles. The van der Waals surface area contributed by atoms with E-state index in [0.717, 1.165) is 37.9 Å². The molecule has 4 heterocycles. The molecule has 11 heteroatoms. The van der Waals surface area contributed by atoms with Crippen LogP contribution in [-0.4, -0.2) is 112 Å². The van der Waals surface area contributed by atoms with Crippen LogP contribution >= 0.6 is 0 Å². The highest BCUT2D eigenvalue weighted by molar-refractivity contribution is 5.72. The van der Waals surface area contributed by atoms with E-state index in [1.54, 1.807) is 17.9 Å². The molecule has 0 aliphatic carbocycles. The van der Waals surface area contributed by atoms with Gasteiger partial charge in [-0.15, -0.1) is 0 Å². The fourth-order valence-electron chi connectivity index (χ4n) is 7.97. The number of ether oxygens (including phenoxy) is 4. The van der Waals surface area contributed by atoms with Gasteiger partial charge in [0.2, 0.25) is 0 Å². The Labute approximate surface area is 311 Å². The number of likely N-dealkylation sites (tertiary alicyclic amines) is 2. The topological polar surface area (TPSA) is 138 Å². The number of allylic oxidation sites excluding steroid dienone is 3. The lowest BCUT2D eigenvalue weighted by molar-refractivity contribution is -0.157. The zero-order valence-corrected chi connectivity index (χ0v) is 32.7. The van der Waals surface area contributed by atoms with Crippen molar-refractivity contribution in [3.05, 3.63) is 36.0 Å². The number of esters is 2. The van der Waals surface area contributed by atoms with Crippen LogP contribution in [0.4, 0.5) is 4.79 Å². The maximum Gasteiger partial charge on any atom is 0.410 e. The van der Waals surface area contributed by atoms with Gasteiger partial charge in [0, 0.05) is 37.9 Å². The molecule has 4 rings (SSSR count). The van der Waals surface area contributed by atoms with Gasteiger partial charge in [0.15, 0.2) is 0 Å². The molecule has 294 valence electrons. The first-order valence-corrected chi connectivity index (χ1v) is 19.8. The fraction of sp³-hybridized carbons (Fsp3) is 0.780. The van der Waals surface area contributed by atoms with E-state index in [0.29, 0.717) is 25.6 Å². The number of carbonyl (C=O) groups excluding carboxylic acids is 3. The van der Waals surface area contributed by atoms with Crippen LogP contribution in [0.5, 0.6) is 0 Å². The summed E-state index contributed by atoms with van der Waals surface area (Å²) >= 11 is 0. The first-order chi connectivity index (χ1) is 24.7. The molecule has 10 unspecified atom stereocenters. The minimum atomic E-state index is -1.47. The number of aliphatic hydroxyl groups excluding tert-OH is 1. The molecule has 0 bridgehead atoms. The predicted molar refractivity (Wildman–Crippen MR) is 199 cm³/mol. The minimum absolute atomic E-state index is 0.0858. The van der Waals surface area contributed by atoms with Gasteiger partial charge in [-0.3, -0.25) is 9.59 Å². The molecule has 2 N–H and O–H groups in total. The van der Waals surface area contributed by atoms with E-state index in [9.17, 15) is 24.6 Å². The Bertz CT molecular complexity index is 1270. The standard InChI is InChI=1S/C41H66N2O9/c1-8-34(45)30(5)39-35(51-39)25-27(2)13-12-14-28(3)38-29(4)15-16-36(49-31(6)44)41(7,48)20-17-33(26-37(46)52-38)50-40(47)43-23-18-32(19-24-43)42-21-10-9-11-22-42/h12-16,27,29-30,32-36,38-39,45,48H,8-11,17-26H2,1-7H3/b13-12+,16-15+,28-14+. The fourth-order valence-corrected chi connectivity index (χ4v) is 7.97. The number of cyclic esters (lactones) is 1. The van der Waals surface area contributed by atoms with Gasteiger partial charge in [0.05, 0.1) is 24.7 Å². The van der Waals surface area contributed by atoms with Crippen molar-refractivity contribution in [1.29, 1.82) is 0 Å². The number of piperidine rings is 2. The van der Waals surface area contributed by atoms with E-state index in [4.69, 9.17) is 18.9 Å². The summed E-state index contributed by atoms with van der Waals surface area (Å²) in [6.45, 7) is 16.3. The number of amides is 1. The highest BCUT2D eigenvalue weighted by atomic mass is 16.6. The Balaban J connectivity index is 1.43. The second-order valence-corrected chi connectivity index (χ2v) is 16.1. The number of carbonyl (C=O) groups is 3. The van der Waals surface area contributed by atoms with E-state index in [1.807, 2.05) is 45.9 Å². The zero-order valence-electron chi connectivity index (χ0n) is 32.7. The maximum absolute atomic E-state index is 13.5. The molecule has 0 aromatic carbocycles. The van der Waals surface area contributed by atoms with Gasteiger partial charge < -0.3 is 39.0 Å². The highest BCUT2D eigenvalue weighted by Gasteiger charge is 2.45. The first-order valence-electron chi connectivity index (χ1n) is 19.8. The summed E-state index contributed by atoms with van der Waals surface area (Å²) in [5.74, 6) is -1.00. The molecule has 0 spiro atoms. The molecule has 10 atom stereocenters. The molecule has 1 amide bonds. The summed E-state index contributed by atoms with van der Waals surface area (Å²) in [7, 11) is 0. The Morgan fingerprint density at radius 3 is 2.40 bits per heavy atom. The monoisotopic (exact) mass is 730 g/mol. The molecule has 3 saturated heterocycles. The van der Waals surface area contributed by atoms with Crippen LogP contribution in [-0.2, 0) is 28.5 Å². The third-order valence-electron chi connectivity index (χ3n) is 11.5. The quantitative estimate of drug-likeness (QED) is 0.0842. The van der Waals surface area contributed by atoms with E-state index >= 15 is 0 Å². The smallest absolute Gasteiger partial charge is 0.410 e. The summed E-state index contributed by atoms with van der Waals surface area (Å²) in [5, 5.41) is 21.7. The maximum atomic E-state index is 13.5. The highest BCUT2D eigenvalue weighted by Crippen LogP contribution is 2.36. The molecule has 0 saturated carbocycles. The molecular formula is C41H66N2O9. The number of epoxide rings is 1. The van der Waals surface area contributed by atoms with Gasteiger partial charge in [-0.1, -0.05) is 58.4 Å². The average molecular weight is 731 g/mol. The lowest BCUT2D eigenvalue weighted by Crippen LogP contribution is -2.49. The van der Waals surface area contributed by atoms with Gasteiger partial charge in [-0.2, -0.15) is 0 Å². The van der Waals surface area contributed by atoms with Crippen LogP contribution in [0.1, 0.15) is 113 Å². The van der Waals surface area contributed by atoms with Gasteiger partial charge >= 0.3 is 18.0 Å². The second kappa shape index (κ2) is 19.6. The first kappa shape index (κ1) is 42.0. The number of nitrogens with zero attached hydrogens (tertiary/aromatic N) is 2. The summed E-state index contributed by atoms with van der Waals surface area (Å²) in [5.41, 5.74) is -0.662. The van der Waals surface area contributed by atoms with E-state index in [-0.39, 0.29) is 55.3 Å². The number of rotatable bonds is 11. The molecular weight excluding hydrogens is 664 g/mol. The van der Waals surface area contributed by atoms with Gasteiger partial charge in [0.25, 0.3) is 0 Å². The molecule has 0 aromatic rings. The van der Waals surface area contributed by atoms with Crippen molar-refractivity contribution in [1.82, 2.24) is 9.80 Å². The summed E-state index contributed by atoms with van der Waals surface area (Å²) in [6, 6.07) is 0.476. The molecule has 11 nitrogen and oxygen atoms in total. The minimum Gasteiger partial charge on any atom is -0.457 e. The van der Waals surface area contributed by atoms with Crippen LogP contribution < -0.4 is 0 Å². The number of hydrogen-bond donors (Lipinski definition) is 2. The Morgan fingerprint density at radius 1 is 1.06 bits per heavy atom. The molecule has 0 radical (unpaired) electrons. The van der Waals surface area contributed by atoms with Gasteiger partial charge in [-0.25, -0.2) is 4.79 Å². The zero-order chi connectivity index (χ0) is 38.0. The molecule has 3 fully saturated rings. The Hall–Kier alpha value is -2.73. The second-order valence-electron chi connectivity index (χ2n) is 16.1. The third-order valence-corrected chi connectivity index (χ3v) is 11.5. The summed E-state index contributed by atoms with van der Waals surface area (Å²) in [4.78, 5) is 43.3. The molecule has 52 heavy (non-hydrogen) atoms. The van der Waals surface area contributed by atoms with Crippen molar-refractivity contribution in [2.45, 2.75) is 161 Å². The van der Waals surface area contributed by atoms with Crippen LogP contribution in [0.2, 0.25) is 0 Å². The van der Waals surface area contributed by atoms with Gasteiger partial charge in [0.1, 0.15) is 23.9 Å². The van der Waals surface area contributed by atoms with Crippen LogP contribution in [0.3, 0.4) is 0 Å². The summed E-state index contributed by atoms with van der Waals surface area (Å²) < 4.78 is 23.5. The van der Waals surface area contributed by atoms with Crippen molar-refractivity contribution in [2.75, 3.05) is 26.2 Å². The van der Waals surface area contributed by atoms with E-state index in [2.05, 4.69) is 17.9 Å². The SMILES string of the molecule is CCC(O)C(C)C1OC1CC(C)/C=C/C=C(\C)C1OC(=O)CC(OC(=O)N2CCC(N3CCCCC3)CC2)CCC(C)(O)C(OC(C)=O)/C=C/C1C. The normalized spacial score (nSPS) is 34.0. The van der Waals surface area contributed by atoms with Crippen molar-refractivity contribution in [3.8, 4) is 0 Å². The molecule has 0 aromatic heterocycles. The van der Waals surface area contributed by atoms with Crippen molar-refractivity contribution < 1.29 is 43.5 Å². The Morgan fingerprint density at radius 2 is 1.75 bits per heavy atom. The largest absolute Gasteiger partial charge is 0.457 e. The lowest BCUT2D eigenvalue weighted by Gasteiger charge is -2.40.